The van der Waals surface area contributed by atoms with E-state index in [2.05, 4.69) is 10.3 Å². The highest BCUT2D eigenvalue weighted by atomic mass is 35.5. The molecular weight excluding hydrogens is 286 g/mol. The predicted octanol–water partition coefficient (Wildman–Crippen LogP) is 3.16. The molecule has 0 aliphatic rings. The number of rotatable bonds is 3. The van der Waals surface area contributed by atoms with Crippen molar-refractivity contribution >= 4 is 28.5 Å². The van der Waals surface area contributed by atoms with Crippen LogP contribution in [0.25, 0.3) is 11.0 Å². The van der Waals surface area contributed by atoms with Crippen LogP contribution in [0.2, 0.25) is 5.28 Å². The Balaban J connectivity index is 1.80. The summed E-state index contributed by atoms with van der Waals surface area (Å²) in [6.07, 6.45) is 0. The second-order valence-electron chi connectivity index (χ2n) is 4.81. The van der Waals surface area contributed by atoms with Crippen LogP contribution >= 0.6 is 11.6 Å². The number of hydrogen-bond donors (Lipinski definition) is 1. The van der Waals surface area contributed by atoms with Crippen molar-refractivity contribution in [1.82, 2.24) is 14.9 Å². The molecule has 3 aromatic rings. The molecule has 0 spiro atoms. The fourth-order valence-corrected chi connectivity index (χ4v) is 2.36. The van der Waals surface area contributed by atoms with E-state index in [0.717, 1.165) is 16.6 Å². The van der Waals surface area contributed by atoms with Crippen LogP contribution in [0.5, 0.6) is 0 Å². The SMILES string of the molecule is Cn1c(Cl)nc2ccc(C(=O)NCc3ccccc3)cc21. The molecular formula is C16H14ClN3O. The van der Waals surface area contributed by atoms with Gasteiger partial charge in [-0.25, -0.2) is 4.98 Å². The van der Waals surface area contributed by atoms with Crippen LogP contribution in [-0.2, 0) is 13.6 Å². The van der Waals surface area contributed by atoms with Crippen molar-refractivity contribution in [3.63, 3.8) is 0 Å². The van der Waals surface area contributed by atoms with Gasteiger partial charge in [-0.1, -0.05) is 30.3 Å². The number of amides is 1. The van der Waals surface area contributed by atoms with Gasteiger partial charge in [0.25, 0.3) is 5.91 Å². The van der Waals surface area contributed by atoms with E-state index in [1.54, 1.807) is 22.8 Å². The highest BCUT2D eigenvalue weighted by Gasteiger charge is 2.10. The first kappa shape index (κ1) is 13.6. The second kappa shape index (κ2) is 5.58. The number of hydrogen-bond acceptors (Lipinski definition) is 2. The normalized spacial score (nSPS) is 10.8. The quantitative estimate of drug-likeness (QED) is 0.807. The molecule has 0 bridgehead atoms. The molecule has 0 radical (unpaired) electrons. The summed E-state index contributed by atoms with van der Waals surface area (Å²) in [6, 6.07) is 15.2. The zero-order valence-electron chi connectivity index (χ0n) is 11.5. The Morgan fingerprint density at radius 3 is 2.76 bits per heavy atom. The van der Waals surface area contributed by atoms with E-state index in [-0.39, 0.29) is 5.91 Å². The van der Waals surface area contributed by atoms with Gasteiger partial charge in [0.1, 0.15) is 0 Å². The molecule has 3 rings (SSSR count). The zero-order valence-corrected chi connectivity index (χ0v) is 12.3. The van der Waals surface area contributed by atoms with Crippen LogP contribution in [0.3, 0.4) is 0 Å². The third kappa shape index (κ3) is 2.76. The third-order valence-electron chi connectivity index (χ3n) is 3.38. The van der Waals surface area contributed by atoms with Gasteiger partial charge in [-0.3, -0.25) is 4.79 Å². The predicted molar refractivity (Wildman–Crippen MR) is 83.3 cm³/mol. The highest BCUT2D eigenvalue weighted by Crippen LogP contribution is 2.19. The Bertz CT molecular complexity index is 796. The van der Waals surface area contributed by atoms with Crippen molar-refractivity contribution < 1.29 is 4.79 Å². The van der Waals surface area contributed by atoms with Crippen molar-refractivity contribution in [3.8, 4) is 0 Å². The monoisotopic (exact) mass is 299 g/mol. The lowest BCUT2D eigenvalue weighted by molar-refractivity contribution is 0.0951. The average Bonchev–Trinajstić information content (AvgIpc) is 2.80. The van der Waals surface area contributed by atoms with Gasteiger partial charge in [0.15, 0.2) is 0 Å². The first-order valence-electron chi connectivity index (χ1n) is 6.59. The summed E-state index contributed by atoms with van der Waals surface area (Å²) < 4.78 is 1.75. The Labute approximate surface area is 127 Å². The number of carbonyl (C=O) groups is 1. The topological polar surface area (TPSA) is 46.9 Å². The minimum atomic E-state index is -0.113. The van der Waals surface area contributed by atoms with Crippen LogP contribution in [0.15, 0.2) is 48.5 Å². The summed E-state index contributed by atoms with van der Waals surface area (Å²) in [6.45, 7) is 0.504. The van der Waals surface area contributed by atoms with E-state index in [9.17, 15) is 4.79 Å². The van der Waals surface area contributed by atoms with Crippen molar-refractivity contribution in [2.75, 3.05) is 0 Å². The summed E-state index contributed by atoms with van der Waals surface area (Å²) in [7, 11) is 1.82. The molecule has 1 aromatic heterocycles. The molecule has 0 unspecified atom stereocenters. The molecule has 0 saturated heterocycles. The van der Waals surface area contributed by atoms with E-state index in [1.165, 1.54) is 0 Å². The van der Waals surface area contributed by atoms with Crippen LogP contribution in [-0.4, -0.2) is 15.5 Å². The fourth-order valence-electron chi connectivity index (χ4n) is 2.18. The van der Waals surface area contributed by atoms with E-state index in [1.807, 2.05) is 37.4 Å². The number of aromatic nitrogens is 2. The van der Waals surface area contributed by atoms with E-state index in [0.29, 0.717) is 17.4 Å². The van der Waals surface area contributed by atoms with E-state index < -0.39 is 0 Å². The minimum absolute atomic E-state index is 0.113. The number of halogens is 1. The maximum Gasteiger partial charge on any atom is 0.251 e. The van der Waals surface area contributed by atoms with Crippen LogP contribution in [0.4, 0.5) is 0 Å². The molecule has 4 nitrogen and oxygen atoms in total. The molecule has 0 aliphatic carbocycles. The van der Waals surface area contributed by atoms with Gasteiger partial charge in [0.05, 0.1) is 11.0 Å². The summed E-state index contributed by atoms with van der Waals surface area (Å²) >= 11 is 5.98. The number of imidazole rings is 1. The Morgan fingerprint density at radius 2 is 2.00 bits per heavy atom. The zero-order chi connectivity index (χ0) is 14.8. The second-order valence-corrected chi connectivity index (χ2v) is 5.15. The summed E-state index contributed by atoms with van der Waals surface area (Å²) in [4.78, 5) is 16.4. The Hall–Kier alpha value is -2.33. The summed E-state index contributed by atoms with van der Waals surface area (Å²) in [5.41, 5.74) is 3.28. The summed E-state index contributed by atoms with van der Waals surface area (Å²) in [5.74, 6) is -0.113. The molecule has 1 amide bonds. The van der Waals surface area contributed by atoms with Gasteiger partial charge < -0.3 is 9.88 Å². The van der Waals surface area contributed by atoms with Crippen LogP contribution in [0.1, 0.15) is 15.9 Å². The lowest BCUT2D eigenvalue weighted by Gasteiger charge is -2.06. The molecule has 0 aliphatic heterocycles. The van der Waals surface area contributed by atoms with E-state index >= 15 is 0 Å². The molecule has 21 heavy (non-hydrogen) atoms. The largest absolute Gasteiger partial charge is 0.348 e. The van der Waals surface area contributed by atoms with Crippen molar-refractivity contribution in [1.29, 1.82) is 0 Å². The molecule has 5 heteroatoms. The van der Waals surface area contributed by atoms with Gasteiger partial charge in [-0.05, 0) is 35.4 Å². The molecule has 0 fully saturated rings. The molecule has 1 N–H and O–H groups in total. The Morgan fingerprint density at radius 1 is 1.24 bits per heavy atom. The molecule has 0 atom stereocenters. The average molecular weight is 300 g/mol. The molecule has 2 aromatic carbocycles. The molecule has 106 valence electrons. The molecule has 0 saturated carbocycles. The van der Waals surface area contributed by atoms with Gasteiger partial charge in [0.2, 0.25) is 5.28 Å². The van der Waals surface area contributed by atoms with E-state index in [4.69, 9.17) is 11.6 Å². The fraction of sp³-hybridized carbons (Fsp3) is 0.125. The first-order valence-corrected chi connectivity index (χ1v) is 6.97. The standard InChI is InChI=1S/C16H14ClN3O/c1-20-14-9-12(7-8-13(14)19-16(20)17)15(21)18-10-11-5-3-2-4-6-11/h2-9H,10H2,1H3,(H,18,21). The van der Waals surface area contributed by atoms with Gasteiger partial charge in [-0.15, -0.1) is 0 Å². The summed E-state index contributed by atoms with van der Waals surface area (Å²) in [5, 5.41) is 3.31. The maximum absolute atomic E-state index is 12.2. The molecule has 1 heterocycles. The van der Waals surface area contributed by atoms with Crippen LogP contribution in [0, 0.1) is 0 Å². The third-order valence-corrected chi connectivity index (χ3v) is 3.72. The maximum atomic E-state index is 12.2. The number of benzene rings is 2. The lowest BCUT2D eigenvalue weighted by atomic mass is 10.1. The number of aryl methyl sites for hydroxylation is 1. The van der Waals surface area contributed by atoms with Gasteiger partial charge in [-0.2, -0.15) is 0 Å². The number of nitrogens with one attached hydrogen (secondary N) is 1. The van der Waals surface area contributed by atoms with Crippen molar-refractivity contribution in [2.24, 2.45) is 7.05 Å². The number of fused-ring (bicyclic) bond motifs is 1. The van der Waals surface area contributed by atoms with Crippen molar-refractivity contribution in [2.45, 2.75) is 6.54 Å². The highest BCUT2D eigenvalue weighted by molar-refractivity contribution is 6.29. The smallest absolute Gasteiger partial charge is 0.251 e. The van der Waals surface area contributed by atoms with Gasteiger partial charge in [0, 0.05) is 19.2 Å². The Kier molecular flexibility index (Phi) is 3.62. The number of carbonyl (C=O) groups excluding carboxylic acids is 1. The van der Waals surface area contributed by atoms with Gasteiger partial charge >= 0.3 is 0 Å². The minimum Gasteiger partial charge on any atom is -0.348 e. The lowest BCUT2D eigenvalue weighted by Crippen LogP contribution is -2.22. The first-order chi connectivity index (χ1) is 10.1. The van der Waals surface area contributed by atoms with Crippen molar-refractivity contribution in [3.05, 3.63) is 64.9 Å². The van der Waals surface area contributed by atoms with Crippen LogP contribution < -0.4 is 5.32 Å². The number of nitrogens with zero attached hydrogens (tertiary/aromatic N) is 2.